The molecule has 2 atom stereocenters. The summed E-state index contributed by atoms with van der Waals surface area (Å²) in [4.78, 5) is 25.9. The maximum Gasteiger partial charge on any atom is 0.353 e. The van der Waals surface area contributed by atoms with Crippen LogP contribution in [0.25, 0.3) is 0 Å². The molecule has 2 rings (SSSR count). The summed E-state index contributed by atoms with van der Waals surface area (Å²) in [6, 6.07) is -0.819. The predicted octanol–water partition coefficient (Wildman–Crippen LogP) is -2.76. The molecule has 2 aliphatic heterocycles. The number of carbonyl (C=O) groups excluding carboxylic acids is 1. The van der Waals surface area contributed by atoms with Gasteiger partial charge in [-0.2, -0.15) is 0 Å². The minimum Gasteiger partial charge on any atom is -0.477 e. The number of nitrogens with two attached hydrogens (primary N) is 1. The fourth-order valence-electron chi connectivity index (χ4n) is 1.33. The molecule has 0 fully saturated rings. The summed E-state index contributed by atoms with van der Waals surface area (Å²) in [5, 5.41) is 16.2. The summed E-state index contributed by atoms with van der Waals surface area (Å²) >= 11 is 0. The Morgan fingerprint density at radius 1 is 1.53 bits per heavy atom. The van der Waals surface area contributed by atoms with Crippen molar-refractivity contribution in [2.24, 2.45) is 10.7 Å². The Balaban J connectivity index is 2.27. The summed E-state index contributed by atoms with van der Waals surface area (Å²) in [7, 11) is 0. The minimum atomic E-state index is -1.15. The molecule has 2 heterocycles. The fraction of sp³-hybridized carbons (Fsp3) is 0.286. The van der Waals surface area contributed by atoms with Crippen LogP contribution in [0, 0.1) is 0 Å². The van der Waals surface area contributed by atoms with Crippen molar-refractivity contribution >= 4 is 17.7 Å². The van der Waals surface area contributed by atoms with Gasteiger partial charge >= 0.3 is 5.97 Å². The SMILES string of the molecule is NC1N=C2NC=C(C(=O)O)NC2C(=O)N1. The molecule has 0 saturated heterocycles. The van der Waals surface area contributed by atoms with E-state index in [1.54, 1.807) is 0 Å². The van der Waals surface area contributed by atoms with Gasteiger partial charge in [0.1, 0.15) is 11.5 Å². The maximum atomic E-state index is 11.4. The van der Waals surface area contributed by atoms with Crippen LogP contribution in [-0.4, -0.2) is 35.2 Å². The number of fused-ring (bicyclic) bond motifs is 1. The van der Waals surface area contributed by atoms with Gasteiger partial charge in [0, 0.05) is 6.20 Å². The number of carbonyl (C=O) groups is 2. The molecule has 0 aromatic carbocycles. The molecule has 0 bridgehead atoms. The second kappa shape index (κ2) is 3.24. The largest absolute Gasteiger partial charge is 0.477 e. The highest BCUT2D eigenvalue weighted by atomic mass is 16.4. The number of hydrogen-bond donors (Lipinski definition) is 5. The van der Waals surface area contributed by atoms with E-state index in [1.807, 2.05) is 0 Å². The number of carboxylic acid groups (broad SMARTS) is 1. The van der Waals surface area contributed by atoms with E-state index in [4.69, 9.17) is 10.8 Å². The van der Waals surface area contributed by atoms with Gasteiger partial charge in [0.05, 0.1) is 0 Å². The van der Waals surface area contributed by atoms with Crippen molar-refractivity contribution < 1.29 is 14.7 Å². The van der Waals surface area contributed by atoms with E-state index >= 15 is 0 Å². The van der Waals surface area contributed by atoms with Crippen LogP contribution in [0.4, 0.5) is 0 Å². The maximum absolute atomic E-state index is 11.4. The average Bonchev–Trinajstić information content (AvgIpc) is 2.16. The van der Waals surface area contributed by atoms with Gasteiger partial charge < -0.3 is 21.1 Å². The Bertz CT molecular complexity index is 388. The minimum absolute atomic E-state index is 0.0930. The molecule has 8 nitrogen and oxygen atoms in total. The average molecular weight is 211 g/mol. The Hall–Kier alpha value is -2.09. The number of amides is 1. The molecular weight excluding hydrogens is 202 g/mol. The van der Waals surface area contributed by atoms with Crippen molar-refractivity contribution in [2.75, 3.05) is 0 Å². The lowest BCUT2D eigenvalue weighted by molar-refractivity contribution is -0.133. The van der Waals surface area contributed by atoms with Crippen LogP contribution in [0.3, 0.4) is 0 Å². The van der Waals surface area contributed by atoms with Crippen LogP contribution in [0.2, 0.25) is 0 Å². The lowest BCUT2D eigenvalue weighted by atomic mass is 10.1. The van der Waals surface area contributed by atoms with Gasteiger partial charge in [0.15, 0.2) is 12.3 Å². The number of nitrogens with zero attached hydrogens (tertiary/aromatic N) is 1. The highest BCUT2D eigenvalue weighted by molar-refractivity contribution is 6.11. The Morgan fingerprint density at radius 2 is 2.27 bits per heavy atom. The summed E-state index contributed by atoms with van der Waals surface area (Å²) in [5.74, 6) is -1.24. The van der Waals surface area contributed by atoms with Gasteiger partial charge in [-0.15, -0.1) is 0 Å². The number of amidine groups is 1. The van der Waals surface area contributed by atoms with E-state index in [0.29, 0.717) is 5.84 Å². The van der Waals surface area contributed by atoms with E-state index in [2.05, 4.69) is 20.9 Å². The molecule has 0 spiro atoms. The van der Waals surface area contributed by atoms with E-state index < -0.39 is 24.2 Å². The lowest BCUT2D eigenvalue weighted by Crippen LogP contribution is -2.62. The van der Waals surface area contributed by atoms with Crippen molar-refractivity contribution in [3.8, 4) is 0 Å². The number of carboxylic acids is 1. The molecule has 1 amide bonds. The molecule has 0 aliphatic carbocycles. The van der Waals surface area contributed by atoms with Crippen molar-refractivity contribution in [1.82, 2.24) is 16.0 Å². The van der Waals surface area contributed by atoms with E-state index in [0.717, 1.165) is 0 Å². The first-order valence-electron chi connectivity index (χ1n) is 4.18. The molecule has 0 saturated carbocycles. The zero-order valence-electron chi connectivity index (χ0n) is 7.52. The fourth-order valence-corrected chi connectivity index (χ4v) is 1.33. The molecule has 0 aromatic heterocycles. The first kappa shape index (κ1) is 9.46. The number of aliphatic imine (C=N–C) groups is 1. The summed E-state index contributed by atoms with van der Waals surface area (Å²) in [5.41, 5.74) is 5.31. The highest BCUT2D eigenvalue weighted by Gasteiger charge is 2.34. The van der Waals surface area contributed by atoms with Crippen molar-refractivity contribution in [3.63, 3.8) is 0 Å². The smallest absolute Gasteiger partial charge is 0.353 e. The number of nitrogens with one attached hydrogen (secondary N) is 3. The number of aliphatic carboxylic acids is 1. The standard InChI is InChI=1S/C7H9N5O3/c8-7-11-4-3(5(13)12-7)10-2(1-9-4)6(14)15/h1,3,7,10H,8H2,(H,9,11)(H,12,13)(H,14,15). The molecular formula is C7H9N5O3. The van der Waals surface area contributed by atoms with Crippen molar-refractivity contribution in [2.45, 2.75) is 12.3 Å². The van der Waals surface area contributed by atoms with Crippen LogP contribution >= 0.6 is 0 Å². The second-order valence-corrected chi connectivity index (χ2v) is 3.05. The molecule has 0 aromatic rings. The predicted molar refractivity (Wildman–Crippen MR) is 49.3 cm³/mol. The van der Waals surface area contributed by atoms with Gasteiger partial charge in [-0.05, 0) is 0 Å². The van der Waals surface area contributed by atoms with E-state index in [-0.39, 0.29) is 5.70 Å². The molecule has 15 heavy (non-hydrogen) atoms. The van der Waals surface area contributed by atoms with Crippen molar-refractivity contribution in [3.05, 3.63) is 11.9 Å². The lowest BCUT2D eigenvalue weighted by Gasteiger charge is -2.30. The van der Waals surface area contributed by atoms with Gasteiger partial charge in [-0.25, -0.2) is 9.79 Å². The van der Waals surface area contributed by atoms with E-state index in [9.17, 15) is 9.59 Å². The monoisotopic (exact) mass is 211 g/mol. The highest BCUT2D eigenvalue weighted by Crippen LogP contribution is 2.05. The van der Waals surface area contributed by atoms with Crippen LogP contribution in [-0.2, 0) is 9.59 Å². The van der Waals surface area contributed by atoms with Crippen LogP contribution in [0.1, 0.15) is 0 Å². The molecule has 2 aliphatic rings. The summed E-state index contributed by atoms with van der Waals surface area (Å²) in [6.45, 7) is 0. The van der Waals surface area contributed by atoms with Gasteiger partial charge in [-0.1, -0.05) is 0 Å². The zero-order valence-corrected chi connectivity index (χ0v) is 7.52. The number of rotatable bonds is 1. The summed E-state index contributed by atoms with van der Waals surface area (Å²) < 4.78 is 0. The van der Waals surface area contributed by atoms with Crippen molar-refractivity contribution in [1.29, 1.82) is 0 Å². The van der Waals surface area contributed by atoms with Gasteiger partial charge in [-0.3, -0.25) is 10.5 Å². The summed E-state index contributed by atoms with van der Waals surface area (Å²) in [6.07, 6.45) is 0.432. The third-order valence-corrected chi connectivity index (χ3v) is 2.00. The van der Waals surface area contributed by atoms with Crippen LogP contribution < -0.4 is 21.7 Å². The first-order valence-corrected chi connectivity index (χ1v) is 4.18. The van der Waals surface area contributed by atoms with E-state index in [1.165, 1.54) is 6.20 Å². The Labute approximate surface area is 84.2 Å². The third-order valence-electron chi connectivity index (χ3n) is 2.00. The third kappa shape index (κ3) is 1.62. The molecule has 2 unspecified atom stereocenters. The Kier molecular flexibility index (Phi) is 2.05. The number of hydrogen-bond acceptors (Lipinski definition) is 6. The first-order chi connectivity index (χ1) is 7.08. The topological polar surface area (TPSA) is 129 Å². The zero-order chi connectivity index (χ0) is 11.0. The van der Waals surface area contributed by atoms with Gasteiger partial charge in [0.2, 0.25) is 0 Å². The molecule has 8 heteroatoms. The van der Waals surface area contributed by atoms with Gasteiger partial charge in [0.25, 0.3) is 5.91 Å². The second-order valence-electron chi connectivity index (χ2n) is 3.05. The molecule has 80 valence electrons. The molecule has 0 radical (unpaired) electrons. The van der Waals surface area contributed by atoms with Crippen LogP contribution in [0.15, 0.2) is 16.9 Å². The normalized spacial score (nSPS) is 28.7. The Morgan fingerprint density at radius 3 is 2.93 bits per heavy atom. The quantitative estimate of drug-likeness (QED) is 0.319. The molecule has 6 N–H and O–H groups in total. The van der Waals surface area contributed by atoms with Crippen LogP contribution in [0.5, 0.6) is 0 Å².